The lowest BCUT2D eigenvalue weighted by Crippen LogP contribution is -2.48. The normalized spacial score (nSPS) is 16.7. The van der Waals surface area contributed by atoms with Crippen molar-refractivity contribution in [2.45, 2.75) is 38.4 Å². The van der Waals surface area contributed by atoms with Gasteiger partial charge >= 0.3 is 0 Å². The number of nitrogens with zero attached hydrogens (tertiary/aromatic N) is 3. The Balaban J connectivity index is 1.58. The standard InChI is InChI=1S/C26H39N5O/c1-5-27-26(28-19-24(30(2)3)23-13-9-10-14-25(23)32-4)29-22-15-17-31(18-16-22)20-21-11-7-6-8-12-21/h6-14,22,24H,5,15-20H2,1-4H3,(H2,27,28,29). The molecule has 1 saturated heterocycles. The summed E-state index contributed by atoms with van der Waals surface area (Å²) in [5.41, 5.74) is 2.55. The topological polar surface area (TPSA) is 52.1 Å². The fourth-order valence-corrected chi connectivity index (χ4v) is 4.25. The van der Waals surface area contributed by atoms with Gasteiger partial charge in [0.15, 0.2) is 5.96 Å². The summed E-state index contributed by atoms with van der Waals surface area (Å²) in [4.78, 5) is 9.70. The third-order valence-corrected chi connectivity index (χ3v) is 6.07. The third-order valence-electron chi connectivity index (χ3n) is 6.07. The van der Waals surface area contributed by atoms with Gasteiger partial charge in [0, 0.05) is 37.8 Å². The minimum absolute atomic E-state index is 0.148. The summed E-state index contributed by atoms with van der Waals surface area (Å²) in [6, 6.07) is 19.5. The molecule has 0 saturated carbocycles. The smallest absolute Gasteiger partial charge is 0.191 e. The van der Waals surface area contributed by atoms with Gasteiger partial charge in [0.05, 0.1) is 19.7 Å². The molecule has 0 amide bonds. The molecular formula is C26H39N5O. The van der Waals surface area contributed by atoms with Crippen LogP contribution in [0.4, 0.5) is 0 Å². The molecule has 6 nitrogen and oxygen atoms in total. The molecule has 2 aromatic rings. The van der Waals surface area contributed by atoms with Gasteiger partial charge < -0.3 is 20.3 Å². The zero-order valence-electron chi connectivity index (χ0n) is 20.1. The van der Waals surface area contributed by atoms with Crippen molar-refractivity contribution in [3.8, 4) is 5.75 Å². The van der Waals surface area contributed by atoms with Crippen molar-refractivity contribution >= 4 is 5.96 Å². The van der Waals surface area contributed by atoms with Gasteiger partial charge in [-0.05, 0) is 45.5 Å². The molecule has 0 radical (unpaired) electrons. The van der Waals surface area contributed by atoms with Crippen LogP contribution in [0.15, 0.2) is 59.6 Å². The second kappa shape index (κ2) is 12.5. The first-order valence-corrected chi connectivity index (χ1v) is 11.7. The van der Waals surface area contributed by atoms with Gasteiger partial charge in [-0.25, -0.2) is 0 Å². The van der Waals surface area contributed by atoms with Crippen molar-refractivity contribution in [3.05, 3.63) is 65.7 Å². The number of guanidine groups is 1. The minimum Gasteiger partial charge on any atom is -0.496 e. The van der Waals surface area contributed by atoms with E-state index in [1.54, 1.807) is 7.11 Å². The highest BCUT2D eigenvalue weighted by Gasteiger charge is 2.21. The Labute approximate surface area is 193 Å². The van der Waals surface area contributed by atoms with Gasteiger partial charge in [0.1, 0.15) is 5.75 Å². The Hall–Kier alpha value is -2.57. The maximum atomic E-state index is 5.59. The van der Waals surface area contributed by atoms with E-state index < -0.39 is 0 Å². The van der Waals surface area contributed by atoms with E-state index in [1.165, 1.54) is 5.56 Å². The van der Waals surface area contributed by atoms with E-state index in [-0.39, 0.29) is 6.04 Å². The monoisotopic (exact) mass is 437 g/mol. The number of likely N-dealkylation sites (N-methyl/N-ethyl adjacent to an activating group) is 1. The van der Waals surface area contributed by atoms with Crippen molar-refractivity contribution in [1.82, 2.24) is 20.4 Å². The SMILES string of the molecule is CCNC(=NCC(c1ccccc1OC)N(C)C)NC1CCN(Cc2ccccc2)CC1. The number of benzene rings is 2. The molecule has 1 atom stereocenters. The third kappa shape index (κ3) is 6.97. The summed E-state index contributed by atoms with van der Waals surface area (Å²) in [7, 11) is 5.91. The molecule has 1 unspecified atom stereocenters. The Kier molecular flexibility index (Phi) is 9.38. The lowest BCUT2D eigenvalue weighted by molar-refractivity contribution is 0.198. The Bertz CT molecular complexity index is 831. The molecule has 1 aliphatic rings. The van der Waals surface area contributed by atoms with Crippen LogP contribution in [0.1, 0.15) is 36.9 Å². The molecule has 3 rings (SSSR count). The van der Waals surface area contributed by atoms with E-state index in [1.807, 2.05) is 12.1 Å². The largest absolute Gasteiger partial charge is 0.496 e. The number of ether oxygens (including phenoxy) is 1. The number of rotatable bonds is 9. The maximum Gasteiger partial charge on any atom is 0.191 e. The van der Waals surface area contributed by atoms with Gasteiger partial charge in [0.25, 0.3) is 0 Å². The highest BCUT2D eigenvalue weighted by atomic mass is 16.5. The van der Waals surface area contributed by atoms with Crippen LogP contribution in [0.5, 0.6) is 5.75 Å². The second-order valence-electron chi connectivity index (χ2n) is 8.62. The fraction of sp³-hybridized carbons (Fsp3) is 0.500. The number of likely N-dealkylation sites (tertiary alicyclic amines) is 1. The van der Waals surface area contributed by atoms with Crippen LogP contribution in [0.25, 0.3) is 0 Å². The molecule has 1 heterocycles. The van der Waals surface area contributed by atoms with Gasteiger partial charge in [-0.2, -0.15) is 0 Å². The molecule has 6 heteroatoms. The Morgan fingerprint density at radius 3 is 2.44 bits per heavy atom. The number of para-hydroxylation sites is 1. The lowest BCUT2D eigenvalue weighted by atomic mass is 10.0. The summed E-state index contributed by atoms with van der Waals surface area (Å²) in [6.07, 6.45) is 2.25. The quantitative estimate of drug-likeness (QED) is 0.464. The predicted octanol–water partition coefficient (Wildman–Crippen LogP) is 3.52. The van der Waals surface area contributed by atoms with Crippen molar-refractivity contribution in [2.24, 2.45) is 4.99 Å². The lowest BCUT2D eigenvalue weighted by Gasteiger charge is -2.33. The molecule has 0 aromatic heterocycles. The average Bonchev–Trinajstić information content (AvgIpc) is 2.81. The number of piperidine rings is 1. The first-order valence-electron chi connectivity index (χ1n) is 11.7. The summed E-state index contributed by atoms with van der Waals surface area (Å²) in [5.74, 6) is 1.81. The molecule has 0 spiro atoms. The highest BCUT2D eigenvalue weighted by molar-refractivity contribution is 5.80. The van der Waals surface area contributed by atoms with Crippen LogP contribution in [0.2, 0.25) is 0 Å². The van der Waals surface area contributed by atoms with Gasteiger partial charge in [-0.15, -0.1) is 0 Å². The summed E-state index contributed by atoms with van der Waals surface area (Å²) in [5, 5.41) is 7.11. The number of nitrogens with one attached hydrogen (secondary N) is 2. The predicted molar refractivity (Wildman–Crippen MR) is 133 cm³/mol. The first-order chi connectivity index (χ1) is 15.6. The average molecular weight is 438 g/mol. The van der Waals surface area contributed by atoms with Crippen molar-refractivity contribution in [1.29, 1.82) is 0 Å². The van der Waals surface area contributed by atoms with Crippen LogP contribution in [0, 0.1) is 0 Å². The van der Waals surface area contributed by atoms with Crippen LogP contribution >= 0.6 is 0 Å². The number of hydrogen-bond acceptors (Lipinski definition) is 4. The van der Waals surface area contributed by atoms with E-state index >= 15 is 0 Å². The highest BCUT2D eigenvalue weighted by Crippen LogP contribution is 2.28. The minimum atomic E-state index is 0.148. The molecule has 2 N–H and O–H groups in total. The van der Waals surface area contributed by atoms with Crippen LogP contribution in [0.3, 0.4) is 0 Å². The molecular weight excluding hydrogens is 398 g/mol. The van der Waals surface area contributed by atoms with Gasteiger partial charge in [0.2, 0.25) is 0 Å². The van der Waals surface area contributed by atoms with E-state index in [9.17, 15) is 0 Å². The summed E-state index contributed by atoms with van der Waals surface area (Å²) >= 11 is 0. The fourth-order valence-electron chi connectivity index (χ4n) is 4.25. The molecule has 0 bridgehead atoms. The molecule has 1 aliphatic heterocycles. The number of hydrogen-bond donors (Lipinski definition) is 2. The molecule has 2 aromatic carbocycles. The van der Waals surface area contributed by atoms with Crippen LogP contribution < -0.4 is 15.4 Å². The second-order valence-corrected chi connectivity index (χ2v) is 8.62. The zero-order chi connectivity index (χ0) is 22.8. The van der Waals surface area contributed by atoms with Crippen LogP contribution in [-0.4, -0.2) is 69.2 Å². The van der Waals surface area contributed by atoms with E-state index in [4.69, 9.17) is 9.73 Å². The van der Waals surface area contributed by atoms with Gasteiger partial charge in [-0.1, -0.05) is 48.5 Å². The Morgan fingerprint density at radius 2 is 1.78 bits per heavy atom. The van der Waals surface area contributed by atoms with Crippen molar-refractivity contribution < 1.29 is 4.74 Å². The molecule has 0 aliphatic carbocycles. The van der Waals surface area contributed by atoms with Crippen molar-refractivity contribution in [3.63, 3.8) is 0 Å². The Morgan fingerprint density at radius 1 is 1.09 bits per heavy atom. The maximum absolute atomic E-state index is 5.59. The first kappa shape index (κ1) is 24.1. The van der Waals surface area contributed by atoms with E-state index in [0.717, 1.165) is 56.3 Å². The molecule has 32 heavy (non-hydrogen) atoms. The zero-order valence-corrected chi connectivity index (χ0v) is 20.1. The number of aliphatic imine (C=N–C) groups is 1. The molecule has 174 valence electrons. The number of methoxy groups -OCH3 is 1. The van der Waals surface area contributed by atoms with E-state index in [2.05, 4.69) is 83.9 Å². The molecule has 1 fully saturated rings. The van der Waals surface area contributed by atoms with Crippen LogP contribution in [-0.2, 0) is 6.54 Å². The van der Waals surface area contributed by atoms with E-state index in [0.29, 0.717) is 12.6 Å². The van der Waals surface area contributed by atoms with Crippen molar-refractivity contribution in [2.75, 3.05) is 47.4 Å². The van der Waals surface area contributed by atoms with Gasteiger partial charge in [-0.3, -0.25) is 9.89 Å². The summed E-state index contributed by atoms with van der Waals surface area (Å²) < 4.78 is 5.59. The summed E-state index contributed by atoms with van der Waals surface area (Å²) in [6.45, 7) is 6.87.